The Bertz CT molecular complexity index is 1180. The van der Waals surface area contributed by atoms with Crippen LogP contribution in [0.25, 0.3) is 11.1 Å². The lowest BCUT2D eigenvalue weighted by Crippen LogP contribution is -2.43. The summed E-state index contributed by atoms with van der Waals surface area (Å²) in [5.74, 6) is -0.0222. The maximum atomic E-state index is 12.5. The fourth-order valence-corrected chi connectivity index (χ4v) is 4.69. The van der Waals surface area contributed by atoms with E-state index >= 15 is 0 Å². The molecule has 34 heavy (non-hydrogen) atoms. The summed E-state index contributed by atoms with van der Waals surface area (Å²) < 4.78 is 0. The number of halogens is 1. The first-order valence-corrected chi connectivity index (χ1v) is 12.1. The molecule has 2 amide bonds. The van der Waals surface area contributed by atoms with Crippen molar-refractivity contribution in [1.29, 1.82) is 0 Å². The monoisotopic (exact) mass is 475 g/mol. The van der Waals surface area contributed by atoms with Crippen molar-refractivity contribution >= 4 is 34.8 Å². The fraction of sp³-hybridized carbons (Fsp3) is 0.286. The standard InChI is InChI=1S/C28H30ClN3O2/c1-4-15-30-28(34)21-7-5-20(6-8-21)22-9-14-27-25(17-22)26(16-18(2)32(27)19(3)33)31-24-12-10-23(29)11-13-24/h5-14,17-18,26,31H,4,15-16H2,1-3H3,(H,30,34)/t18-,26+/m1/s1. The van der Waals surface area contributed by atoms with E-state index in [-0.39, 0.29) is 23.9 Å². The minimum absolute atomic E-state index is 0.0360. The molecule has 3 aromatic rings. The van der Waals surface area contributed by atoms with Crippen molar-refractivity contribution in [3.63, 3.8) is 0 Å². The molecule has 3 aromatic carbocycles. The van der Waals surface area contributed by atoms with Gasteiger partial charge in [0, 0.05) is 41.5 Å². The first-order chi connectivity index (χ1) is 16.4. The van der Waals surface area contributed by atoms with Crippen LogP contribution in [0.2, 0.25) is 5.02 Å². The lowest BCUT2D eigenvalue weighted by atomic mass is 9.88. The van der Waals surface area contributed by atoms with Gasteiger partial charge < -0.3 is 15.5 Å². The Morgan fingerprint density at radius 2 is 1.68 bits per heavy atom. The van der Waals surface area contributed by atoms with Crippen LogP contribution >= 0.6 is 11.6 Å². The van der Waals surface area contributed by atoms with Crippen molar-refractivity contribution in [2.45, 2.75) is 45.7 Å². The van der Waals surface area contributed by atoms with Crippen LogP contribution in [0, 0.1) is 0 Å². The number of anilines is 2. The van der Waals surface area contributed by atoms with Gasteiger partial charge in [-0.2, -0.15) is 0 Å². The van der Waals surface area contributed by atoms with Gasteiger partial charge in [-0.3, -0.25) is 9.59 Å². The summed E-state index contributed by atoms with van der Waals surface area (Å²) in [6.45, 7) is 6.39. The normalized spacial score (nSPS) is 17.1. The molecule has 0 spiro atoms. The largest absolute Gasteiger partial charge is 0.378 e. The summed E-state index contributed by atoms with van der Waals surface area (Å²) in [5.41, 5.74) is 5.70. The topological polar surface area (TPSA) is 61.4 Å². The van der Waals surface area contributed by atoms with Crippen molar-refractivity contribution in [2.75, 3.05) is 16.8 Å². The van der Waals surface area contributed by atoms with Gasteiger partial charge in [0.15, 0.2) is 0 Å². The molecule has 1 heterocycles. The van der Waals surface area contributed by atoms with Crippen molar-refractivity contribution in [1.82, 2.24) is 5.32 Å². The number of benzene rings is 3. The lowest BCUT2D eigenvalue weighted by Gasteiger charge is -2.39. The quantitative estimate of drug-likeness (QED) is 0.431. The van der Waals surface area contributed by atoms with Gasteiger partial charge in [0.25, 0.3) is 5.91 Å². The van der Waals surface area contributed by atoms with Crippen LogP contribution in [0.15, 0.2) is 66.7 Å². The molecule has 176 valence electrons. The van der Waals surface area contributed by atoms with E-state index in [0.29, 0.717) is 17.1 Å². The van der Waals surface area contributed by atoms with Crippen LogP contribution in [-0.4, -0.2) is 24.4 Å². The number of hydrogen-bond donors (Lipinski definition) is 2. The van der Waals surface area contributed by atoms with Crippen molar-refractivity contribution in [3.05, 3.63) is 82.9 Å². The first-order valence-electron chi connectivity index (χ1n) is 11.7. The van der Waals surface area contributed by atoms with E-state index in [4.69, 9.17) is 11.6 Å². The van der Waals surface area contributed by atoms with Gasteiger partial charge >= 0.3 is 0 Å². The molecule has 0 bridgehead atoms. The van der Waals surface area contributed by atoms with E-state index < -0.39 is 0 Å². The molecule has 2 N–H and O–H groups in total. The van der Waals surface area contributed by atoms with Crippen LogP contribution in [0.4, 0.5) is 11.4 Å². The summed E-state index contributed by atoms with van der Waals surface area (Å²) in [4.78, 5) is 26.6. The zero-order valence-corrected chi connectivity index (χ0v) is 20.5. The lowest BCUT2D eigenvalue weighted by molar-refractivity contribution is -0.117. The Morgan fingerprint density at radius 3 is 2.32 bits per heavy atom. The summed E-state index contributed by atoms with van der Waals surface area (Å²) in [6, 6.07) is 21.7. The Labute approximate surface area is 206 Å². The molecule has 0 unspecified atom stereocenters. The maximum absolute atomic E-state index is 12.5. The molecule has 5 nitrogen and oxygen atoms in total. The van der Waals surface area contributed by atoms with Crippen LogP contribution < -0.4 is 15.5 Å². The molecule has 0 radical (unpaired) electrons. The molecule has 0 aliphatic carbocycles. The Kier molecular flexibility index (Phi) is 7.23. The van der Waals surface area contributed by atoms with Crippen molar-refractivity contribution < 1.29 is 9.59 Å². The molecule has 0 aromatic heterocycles. The number of nitrogens with zero attached hydrogens (tertiary/aromatic N) is 1. The molecular weight excluding hydrogens is 446 g/mol. The second kappa shape index (κ2) is 10.3. The summed E-state index contributed by atoms with van der Waals surface area (Å²) in [6.07, 6.45) is 1.69. The molecular formula is C28H30ClN3O2. The van der Waals surface area contributed by atoms with Gasteiger partial charge in [-0.1, -0.05) is 36.7 Å². The Hall–Kier alpha value is -3.31. The first kappa shape index (κ1) is 23.8. The van der Waals surface area contributed by atoms with Gasteiger partial charge in [0.1, 0.15) is 0 Å². The van der Waals surface area contributed by atoms with Crippen LogP contribution in [0.1, 0.15) is 55.6 Å². The van der Waals surface area contributed by atoms with Crippen LogP contribution in [-0.2, 0) is 4.79 Å². The second-order valence-electron chi connectivity index (χ2n) is 8.78. The third kappa shape index (κ3) is 5.10. The second-order valence-corrected chi connectivity index (χ2v) is 9.22. The van der Waals surface area contributed by atoms with Gasteiger partial charge in [-0.05, 0) is 85.0 Å². The molecule has 0 saturated heterocycles. The molecule has 0 saturated carbocycles. The zero-order chi connectivity index (χ0) is 24.2. The van der Waals surface area contributed by atoms with E-state index in [2.05, 4.69) is 23.6 Å². The number of hydrogen-bond acceptors (Lipinski definition) is 3. The highest BCUT2D eigenvalue weighted by Gasteiger charge is 2.32. The summed E-state index contributed by atoms with van der Waals surface area (Å²) >= 11 is 6.06. The zero-order valence-electron chi connectivity index (χ0n) is 19.8. The highest BCUT2D eigenvalue weighted by atomic mass is 35.5. The van der Waals surface area contributed by atoms with Gasteiger partial charge in [-0.25, -0.2) is 0 Å². The highest BCUT2D eigenvalue weighted by Crippen LogP contribution is 2.41. The van der Waals surface area contributed by atoms with E-state index in [0.717, 1.165) is 40.9 Å². The summed E-state index contributed by atoms with van der Waals surface area (Å²) in [5, 5.41) is 7.23. The predicted molar refractivity (Wildman–Crippen MR) is 140 cm³/mol. The average molecular weight is 476 g/mol. The third-order valence-corrected chi connectivity index (χ3v) is 6.47. The molecule has 1 aliphatic heterocycles. The number of carbonyl (C=O) groups excluding carboxylic acids is 2. The predicted octanol–water partition coefficient (Wildman–Crippen LogP) is 6.45. The minimum Gasteiger partial charge on any atom is -0.378 e. The summed E-state index contributed by atoms with van der Waals surface area (Å²) in [7, 11) is 0. The Morgan fingerprint density at radius 1 is 1.00 bits per heavy atom. The highest BCUT2D eigenvalue weighted by molar-refractivity contribution is 6.30. The SMILES string of the molecule is CCCNC(=O)c1ccc(-c2ccc3c(c2)[C@@H](Nc2ccc(Cl)cc2)C[C@@H](C)N3C(C)=O)cc1. The van der Waals surface area contributed by atoms with Gasteiger partial charge in [0.05, 0.1) is 6.04 Å². The van der Waals surface area contributed by atoms with E-state index in [1.807, 2.05) is 72.5 Å². The number of fused-ring (bicyclic) bond motifs is 1. The van der Waals surface area contributed by atoms with Gasteiger partial charge in [0.2, 0.25) is 5.91 Å². The van der Waals surface area contributed by atoms with Gasteiger partial charge in [-0.15, -0.1) is 0 Å². The molecule has 0 fully saturated rings. The molecule has 6 heteroatoms. The van der Waals surface area contributed by atoms with Crippen molar-refractivity contribution in [3.8, 4) is 11.1 Å². The van der Waals surface area contributed by atoms with E-state index in [1.165, 1.54) is 0 Å². The molecule has 2 atom stereocenters. The van der Waals surface area contributed by atoms with E-state index in [9.17, 15) is 9.59 Å². The number of nitrogens with one attached hydrogen (secondary N) is 2. The smallest absolute Gasteiger partial charge is 0.251 e. The average Bonchev–Trinajstić information content (AvgIpc) is 2.83. The van der Waals surface area contributed by atoms with Crippen LogP contribution in [0.5, 0.6) is 0 Å². The van der Waals surface area contributed by atoms with Crippen LogP contribution in [0.3, 0.4) is 0 Å². The fourth-order valence-electron chi connectivity index (χ4n) is 4.56. The maximum Gasteiger partial charge on any atom is 0.251 e. The number of rotatable bonds is 6. The number of amides is 2. The van der Waals surface area contributed by atoms with E-state index in [1.54, 1.807) is 6.92 Å². The molecule has 1 aliphatic rings. The number of carbonyl (C=O) groups is 2. The third-order valence-electron chi connectivity index (χ3n) is 6.22. The minimum atomic E-state index is -0.0582. The van der Waals surface area contributed by atoms with Crippen molar-refractivity contribution in [2.24, 2.45) is 0 Å². The molecule has 4 rings (SSSR count). The Balaban J connectivity index is 1.67.